The molecule has 0 radical (unpaired) electrons. The van der Waals surface area contributed by atoms with Crippen LogP contribution in [0.5, 0.6) is 0 Å². The van der Waals surface area contributed by atoms with Crippen LogP contribution >= 0.6 is 11.8 Å². The van der Waals surface area contributed by atoms with Crippen LogP contribution in [0.4, 0.5) is 5.69 Å². The molecule has 2 heterocycles. The molecule has 1 amide bonds. The highest BCUT2D eigenvalue weighted by molar-refractivity contribution is 8.00. The number of carbonyl (C=O) groups excluding carboxylic acids is 1. The molecule has 2 rings (SSSR count). The van der Waals surface area contributed by atoms with Gasteiger partial charge in [0.05, 0.1) is 17.1 Å². The van der Waals surface area contributed by atoms with Crippen LogP contribution in [0.2, 0.25) is 0 Å². The Morgan fingerprint density at radius 1 is 1.64 bits per heavy atom. The highest BCUT2D eigenvalue weighted by Gasteiger charge is 2.23. The van der Waals surface area contributed by atoms with E-state index < -0.39 is 0 Å². The maximum absolute atomic E-state index is 11.7. The molecule has 0 aromatic carbocycles. The van der Waals surface area contributed by atoms with Crippen molar-refractivity contribution in [3.8, 4) is 0 Å². The SMILES string of the molecule is O=C(Nc1cccnc1)C1CCCS1. The largest absolute Gasteiger partial charge is 0.324 e. The molecule has 14 heavy (non-hydrogen) atoms. The first-order chi connectivity index (χ1) is 6.86. The van der Waals surface area contributed by atoms with E-state index in [1.807, 2.05) is 12.1 Å². The third-order valence-electron chi connectivity index (χ3n) is 2.15. The van der Waals surface area contributed by atoms with Gasteiger partial charge in [0.1, 0.15) is 0 Å². The molecule has 0 saturated carbocycles. The number of nitrogens with one attached hydrogen (secondary N) is 1. The van der Waals surface area contributed by atoms with Gasteiger partial charge in [-0.2, -0.15) is 0 Å². The van der Waals surface area contributed by atoms with Crippen LogP contribution in [-0.2, 0) is 4.79 Å². The zero-order chi connectivity index (χ0) is 9.80. The molecule has 0 aliphatic carbocycles. The Morgan fingerprint density at radius 2 is 2.57 bits per heavy atom. The van der Waals surface area contributed by atoms with Gasteiger partial charge in [0.25, 0.3) is 0 Å². The van der Waals surface area contributed by atoms with Crippen molar-refractivity contribution in [2.24, 2.45) is 0 Å². The van der Waals surface area contributed by atoms with Gasteiger partial charge in [0, 0.05) is 6.20 Å². The summed E-state index contributed by atoms with van der Waals surface area (Å²) >= 11 is 1.74. The monoisotopic (exact) mass is 208 g/mol. The summed E-state index contributed by atoms with van der Waals surface area (Å²) in [5.74, 6) is 1.21. The molecule has 1 unspecified atom stereocenters. The molecule has 74 valence electrons. The van der Waals surface area contributed by atoms with Crippen molar-refractivity contribution >= 4 is 23.4 Å². The molecule has 0 spiro atoms. The second kappa shape index (κ2) is 4.46. The minimum atomic E-state index is 0.112. The minimum absolute atomic E-state index is 0.112. The molecule has 1 aromatic rings. The first-order valence-electron chi connectivity index (χ1n) is 4.69. The number of pyridine rings is 1. The fraction of sp³-hybridized carbons (Fsp3) is 0.400. The number of thioether (sulfide) groups is 1. The average molecular weight is 208 g/mol. The number of aromatic nitrogens is 1. The highest BCUT2D eigenvalue weighted by Crippen LogP contribution is 2.26. The van der Waals surface area contributed by atoms with Crippen molar-refractivity contribution in [2.45, 2.75) is 18.1 Å². The third kappa shape index (κ3) is 2.26. The van der Waals surface area contributed by atoms with E-state index in [9.17, 15) is 4.79 Å². The molecule has 4 heteroatoms. The van der Waals surface area contributed by atoms with Gasteiger partial charge in [-0.1, -0.05) is 0 Å². The van der Waals surface area contributed by atoms with Crippen LogP contribution in [0.1, 0.15) is 12.8 Å². The molecule has 1 atom stereocenters. The van der Waals surface area contributed by atoms with Gasteiger partial charge >= 0.3 is 0 Å². The first-order valence-corrected chi connectivity index (χ1v) is 5.73. The molecule has 1 aliphatic rings. The van der Waals surface area contributed by atoms with Crippen molar-refractivity contribution < 1.29 is 4.79 Å². The summed E-state index contributed by atoms with van der Waals surface area (Å²) < 4.78 is 0. The highest BCUT2D eigenvalue weighted by atomic mass is 32.2. The number of nitrogens with zero attached hydrogens (tertiary/aromatic N) is 1. The van der Waals surface area contributed by atoms with Crippen molar-refractivity contribution in [1.29, 1.82) is 0 Å². The molecule has 1 aliphatic heterocycles. The van der Waals surface area contributed by atoms with Gasteiger partial charge < -0.3 is 5.32 Å². The molecule has 1 fully saturated rings. The molecule has 3 nitrogen and oxygen atoms in total. The number of carbonyl (C=O) groups is 1. The Balaban J connectivity index is 1.94. The van der Waals surface area contributed by atoms with E-state index in [1.54, 1.807) is 24.2 Å². The standard InChI is InChI=1S/C10H12N2OS/c13-10(9-4-2-6-14-9)12-8-3-1-5-11-7-8/h1,3,5,7,9H,2,4,6H2,(H,12,13). The zero-order valence-corrected chi connectivity index (χ0v) is 8.59. The summed E-state index contributed by atoms with van der Waals surface area (Å²) in [4.78, 5) is 15.6. The quantitative estimate of drug-likeness (QED) is 0.807. The Kier molecular flexibility index (Phi) is 3.03. The second-order valence-electron chi connectivity index (χ2n) is 3.23. The maximum atomic E-state index is 11.7. The lowest BCUT2D eigenvalue weighted by Gasteiger charge is -2.08. The fourth-order valence-electron chi connectivity index (χ4n) is 1.44. The predicted molar refractivity (Wildman–Crippen MR) is 58.3 cm³/mol. The fourth-order valence-corrected chi connectivity index (χ4v) is 2.61. The lowest BCUT2D eigenvalue weighted by Crippen LogP contribution is -2.22. The summed E-state index contributed by atoms with van der Waals surface area (Å²) in [6, 6.07) is 3.67. The van der Waals surface area contributed by atoms with E-state index >= 15 is 0 Å². The maximum Gasteiger partial charge on any atom is 0.237 e. The van der Waals surface area contributed by atoms with E-state index in [4.69, 9.17) is 0 Å². The summed E-state index contributed by atoms with van der Waals surface area (Å²) in [5.41, 5.74) is 0.782. The summed E-state index contributed by atoms with van der Waals surface area (Å²) in [6.07, 6.45) is 5.50. The predicted octanol–water partition coefficient (Wildman–Crippen LogP) is 1.92. The smallest absolute Gasteiger partial charge is 0.237 e. The summed E-state index contributed by atoms with van der Waals surface area (Å²) in [5, 5.41) is 3.00. The van der Waals surface area contributed by atoms with Gasteiger partial charge in [0.2, 0.25) is 5.91 Å². The number of hydrogen-bond acceptors (Lipinski definition) is 3. The van der Waals surface area contributed by atoms with Crippen LogP contribution in [0.3, 0.4) is 0 Å². The van der Waals surface area contributed by atoms with Crippen molar-refractivity contribution in [3.05, 3.63) is 24.5 Å². The lowest BCUT2D eigenvalue weighted by molar-refractivity contribution is -0.115. The molecule has 0 bridgehead atoms. The lowest BCUT2D eigenvalue weighted by atomic mass is 10.2. The van der Waals surface area contributed by atoms with Crippen LogP contribution in [0, 0.1) is 0 Å². The van der Waals surface area contributed by atoms with Crippen LogP contribution in [-0.4, -0.2) is 21.9 Å². The van der Waals surface area contributed by atoms with E-state index in [-0.39, 0.29) is 11.2 Å². The average Bonchev–Trinajstić information content (AvgIpc) is 2.72. The van der Waals surface area contributed by atoms with Gasteiger partial charge in [0.15, 0.2) is 0 Å². The van der Waals surface area contributed by atoms with Gasteiger partial charge in [-0.15, -0.1) is 11.8 Å². The van der Waals surface area contributed by atoms with E-state index in [0.717, 1.165) is 24.3 Å². The summed E-state index contributed by atoms with van der Waals surface area (Å²) in [7, 11) is 0. The number of hydrogen-bond donors (Lipinski definition) is 1. The Labute approximate surface area is 87.3 Å². The zero-order valence-electron chi connectivity index (χ0n) is 7.77. The molecular weight excluding hydrogens is 196 g/mol. The molecule has 1 aromatic heterocycles. The van der Waals surface area contributed by atoms with E-state index in [1.165, 1.54) is 0 Å². The normalized spacial score (nSPS) is 20.7. The van der Waals surface area contributed by atoms with E-state index in [0.29, 0.717) is 0 Å². The van der Waals surface area contributed by atoms with E-state index in [2.05, 4.69) is 10.3 Å². The Bertz CT molecular complexity index is 309. The van der Waals surface area contributed by atoms with Crippen LogP contribution in [0.15, 0.2) is 24.5 Å². The summed E-state index contributed by atoms with van der Waals surface area (Å²) in [6.45, 7) is 0. The van der Waals surface area contributed by atoms with Crippen LogP contribution < -0.4 is 5.32 Å². The van der Waals surface area contributed by atoms with Crippen LogP contribution in [0.25, 0.3) is 0 Å². The molecule has 1 saturated heterocycles. The molecule has 1 N–H and O–H groups in total. The second-order valence-corrected chi connectivity index (χ2v) is 4.54. The Morgan fingerprint density at radius 3 is 3.21 bits per heavy atom. The van der Waals surface area contributed by atoms with Crippen molar-refractivity contribution in [1.82, 2.24) is 4.98 Å². The first kappa shape index (κ1) is 9.52. The molecular formula is C10H12N2OS. The van der Waals surface area contributed by atoms with Crippen molar-refractivity contribution in [3.63, 3.8) is 0 Å². The number of amides is 1. The van der Waals surface area contributed by atoms with Gasteiger partial charge in [-0.25, -0.2) is 0 Å². The topological polar surface area (TPSA) is 42.0 Å². The Hall–Kier alpha value is -1.03. The number of rotatable bonds is 2. The minimum Gasteiger partial charge on any atom is -0.324 e. The van der Waals surface area contributed by atoms with Crippen molar-refractivity contribution in [2.75, 3.05) is 11.1 Å². The number of anilines is 1. The van der Waals surface area contributed by atoms with Gasteiger partial charge in [-0.05, 0) is 30.7 Å². The van der Waals surface area contributed by atoms with Gasteiger partial charge in [-0.3, -0.25) is 9.78 Å². The third-order valence-corrected chi connectivity index (χ3v) is 3.53.